The van der Waals surface area contributed by atoms with Gasteiger partial charge in [-0.1, -0.05) is 30.0 Å². The summed E-state index contributed by atoms with van der Waals surface area (Å²) in [5.74, 6) is 4.86. The highest BCUT2D eigenvalue weighted by atomic mass is 32.2. The number of hydrogen-bond donors (Lipinski definition) is 1. The van der Waals surface area contributed by atoms with Crippen molar-refractivity contribution in [1.29, 1.82) is 0 Å². The summed E-state index contributed by atoms with van der Waals surface area (Å²) in [4.78, 5) is 11.2. The van der Waals surface area contributed by atoms with E-state index < -0.39 is 21.8 Å². The molecule has 5 nitrogen and oxygen atoms in total. The van der Waals surface area contributed by atoms with E-state index in [0.717, 1.165) is 12.1 Å². The zero-order valence-electron chi connectivity index (χ0n) is 14.7. The molecule has 1 N–H and O–H groups in total. The maximum absolute atomic E-state index is 12.6. The van der Waals surface area contributed by atoms with Gasteiger partial charge in [0.1, 0.15) is 12.4 Å². The van der Waals surface area contributed by atoms with E-state index in [2.05, 4.69) is 16.6 Å². The second kappa shape index (κ2) is 8.91. The normalized spacial score (nSPS) is 11.4. The number of benzene rings is 2. The third-order valence-corrected chi connectivity index (χ3v) is 4.94. The number of rotatable bonds is 6. The Morgan fingerprint density at radius 2 is 1.79 bits per heavy atom. The van der Waals surface area contributed by atoms with Crippen LogP contribution in [0.2, 0.25) is 0 Å². The van der Waals surface area contributed by atoms with E-state index in [1.165, 1.54) is 43.3 Å². The minimum absolute atomic E-state index is 0.00951. The van der Waals surface area contributed by atoms with Gasteiger partial charge < -0.3 is 4.74 Å². The van der Waals surface area contributed by atoms with Crippen molar-refractivity contribution in [1.82, 2.24) is 4.72 Å². The van der Waals surface area contributed by atoms with E-state index in [1.54, 1.807) is 0 Å². The molecule has 0 aliphatic rings. The highest BCUT2D eigenvalue weighted by Crippen LogP contribution is 2.31. The maximum atomic E-state index is 12.6. The molecule has 0 unspecified atom stereocenters. The second-order valence-electron chi connectivity index (χ2n) is 5.57. The van der Waals surface area contributed by atoms with Gasteiger partial charge in [-0.05, 0) is 37.3 Å². The summed E-state index contributed by atoms with van der Waals surface area (Å²) in [5, 5.41) is 0. The number of nitrogens with one attached hydrogen (secondary N) is 1. The zero-order valence-corrected chi connectivity index (χ0v) is 15.5. The van der Waals surface area contributed by atoms with Gasteiger partial charge in [0.2, 0.25) is 10.0 Å². The second-order valence-corrected chi connectivity index (χ2v) is 7.34. The Morgan fingerprint density at radius 3 is 2.39 bits per heavy atom. The number of carbonyl (C=O) groups is 1. The van der Waals surface area contributed by atoms with Crippen molar-refractivity contribution in [3.05, 3.63) is 59.7 Å². The molecule has 2 aromatic rings. The predicted molar refractivity (Wildman–Crippen MR) is 96.4 cm³/mol. The average molecular weight is 411 g/mol. The van der Waals surface area contributed by atoms with Gasteiger partial charge in [-0.2, -0.15) is 17.9 Å². The molecule has 0 saturated heterocycles. The van der Waals surface area contributed by atoms with E-state index in [-0.39, 0.29) is 29.6 Å². The Labute approximate surface area is 160 Å². The molecule has 0 amide bonds. The molecule has 2 aromatic carbocycles. The Kier molecular flexibility index (Phi) is 6.83. The minimum Gasteiger partial charge on any atom is -0.481 e. The monoisotopic (exact) mass is 411 g/mol. The van der Waals surface area contributed by atoms with Gasteiger partial charge in [0.25, 0.3) is 0 Å². The van der Waals surface area contributed by atoms with Crippen LogP contribution >= 0.6 is 0 Å². The van der Waals surface area contributed by atoms with E-state index in [1.807, 2.05) is 0 Å². The van der Waals surface area contributed by atoms with Gasteiger partial charge in [-0.15, -0.1) is 0 Å². The number of halogens is 3. The lowest BCUT2D eigenvalue weighted by molar-refractivity contribution is -0.137. The summed E-state index contributed by atoms with van der Waals surface area (Å²) in [6.07, 6.45) is -4.47. The number of Topliss-reactive ketones (excluding diaryl/α,β-unsaturated/α-hetero) is 1. The fourth-order valence-corrected chi connectivity index (χ4v) is 3.00. The first kappa shape index (κ1) is 21.5. The number of sulfonamides is 1. The van der Waals surface area contributed by atoms with E-state index in [9.17, 15) is 26.4 Å². The van der Waals surface area contributed by atoms with Crippen LogP contribution in [0.25, 0.3) is 0 Å². The first-order valence-corrected chi connectivity index (χ1v) is 9.44. The number of hydrogen-bond acceptors (Lipinski definition) is 4. The van der Waals surface area contributed by atoms with E-state index in [0.29, 0.717) is 5.56 Å². The molecule has 0 bridgehead atoms. The quantitative estimate of drug-likeness (QED) is 0.585. The molecule has 2 rings (SSSR count). The Bertz CT molecular complexity index is 1000. The summed E-state index contributed by atoms with van der Waals surface area (Å²) in [6, 6.07) is 9.80. The van der Waals surface area contributed by atoms with Crippen LogP contribution in [0.3, 0.4) is 0 Å². The van der Waals surface area contributed by atoms with Crippen LogP contribution in [-0.2, 0) is 16.2 Å². The summed E-state index contributed by atoms with van der Waals surface area (Å²) in [7, 11) is -3.79. The third-order valence-electron chi connectivity index (χ3n) is 3.52. The number of ketones is 1. The molecule has 0 atom stereocenters. The third kappa shape index (κ3) is 6.11. The summed E-state index contributed by atoms with van der Waals surface area (Å²) >= 11 is 0. The molecule has 0 aliphatic heterocycles. The standard InChI is InChI=1S/C19H16F3NO4S/c1-14(24)15-7-9-18(10-8-15)28(25,26)23-11-2-3-12-27-17-6-4-5-16(13-17)19(20,21)22/h4-10,13,23H,11-12H2,1H3. The topological polar surface area (TPSA) is 72.5 Å². The zero-order chi connectivity index (χ0) is 20.8. The minimum atomic E-state index is -4.47. The van der Waals surface area contributed by atoms with Gasteiger partial charge in [0, 0.05) is 5.56 Å². The Balaban J connectivity index is 1.87. The average Bonchev–Trinajstić information content (AvgIpc) is 2.64. The molecule has 0 heterocycles. The molecule has 0 fully saturated rings. The highest BCUT2D eigenvalue weighted by Gasteiger charge is 2.30. The van der Waals surface area contributed by atoms with Gasteiger partial charge in [-0.25, -0.2) is 8.42 Å². The molecule has 0 saturated carbocycles. The maximum Gasteiger partial charge on any atom is 0.416 e. The predicted octanol–water partition coefficient (Wildman–Crippen LogP) is 3.27. The van der Waals surface area contributed by atoms with Crippen LogP contribution in [-0.4, -0.2) is 27.4 Å². The van der Waals surface area contributed by atoms with Crippen LogP contribution < -0.4 is 9.46 Å². The Morgan fingerprint density at radius 1 is 1.11 bits per heavy atom. The van der Waals surface area contributed by atoms with Gasteiger partial charge in [0.15, 0.2) is 5.78 Å². The number of alkyl halides is 3. The molecule has 0 aliphatic carbocycles. The first-order valence-electron chi connectivity index (χ1n) is 7.96. The molecular weight excluding hydrogens is 395 g/mol. The van der Waals surface area contributed by atoms with Crippen LogP contribution in [0.5, 0.6) is 5.75 Å². The summed E-state index contributed by atoms with van der Waals surface area (Å²) in [6.45, 7) is 0.970. The van der Waals surface area contributed by atoms with Gasteiger partial charge in [-0.3, -0.25) is 4.79 Å². The molecule has 28 heavy (non-hydrogen) atoms. The van der Waals surface area contributed by atoms with Crippen molar-refractivity contribution < 1.29 is 31.1 Å². The van der Waals surface area contributed by atoms with Crippen LogP contribution in [0, 0.1) is 11.8 Å². The Hall–Kier alpha value is -2.83. The first-order chi connectivity index (χ1) is 13.1. The van der Waals surface area contributed by atoms with Crippen LogP contribution in [0.1, 0.15) is 22.8 Å². The van der Waals surface area contributed by atoms with Crippen molar-refractivity contribution >= 4 is 15.8 Å². The lowest BCUT2D eigenvalue weighted by Crippen LogP contribution is -2.24. The molecular formula is C19H16F3NO4S. The number of carbonyl (C=O) groups excluding carboxylic acids is 1. The molecule has 0 spiro atoms. The van der Waals surface area contributed by atoms with Gasteiger partial charge >= 0.3 is 6.18 Å². The number of ether oxygens (including phenoxy) is 1. The lowest BCUT2D eigenvalue weighted by Gasteiger charge is -2.08. The van der Waals surface area contributed by atoms with Crippen molar-refractivity contribution in [2.45, 2.75) is 18.0 Å². The molecule has 0 aromatic heterocycles. The van der Waals surface area contributed by atoms with Crippen molar-refractivity contribution in [2.24, 2.45) is 0 Å². The molecule has 148 valence electrons. The molecule has 0 radical (unpaired) electrons. The largest absolute Gasteiger partial charge is 0.481 e. The van der Waals surface area contributed by atoms with E-state index in [4.69, 9.17) is 4.74 Å². The van der Waals surface area contributed by atoms with Crippen molar-refractivity contribution in [3.63, 3.8) is 0 Å². The van der Waals surface area contributed by atoms with E-state index >= 15 is 0 Å². The fourth-order valence-electron chi connectivity index (χ4n) is 2.08. The molecule has 9 heteroatoms. The summed E-state index contributed by atoms with van der Waals surface area (Å²) in [5.41, 5.74) is -0.438. The lowest BCUT2D eigenvalue weighted by atomic mass is 10.2. The fraction of sp³-hybridized carbons (Fsp3) is 0.211. The van der Waals surface area contributed by atoms with Gasteiger partial charge in [0.05, 0.1) is 17.0 Å². The van der Waals surface area contributed by atoms with Crippen LogP contribution in [0.15, 0.2) is 53.4 Å². The smallest absolute Gasteiger partial charge is 0.416 e. The SMILES string of the molecule is CC(=O)c1ccc(S(=O)(=O)NCC#CCOc2cccc(C(F)(F)F)c2)cc1. The van der Waals surface area contributed by atoms with Crippen molar-refractivity contribution in [3.8, 4) is 17.6 Å². The summed E-state index contributed by atoms with van der Waals surface area (Å²) < 4.78 is 69.4. The van der Waals surface area contributed by atoms with Crippen molar-refractivity contribution in [2.75, 3.05) is 13.2 Å². The van der Waals surface area contributed by atoms with Crippen LogP contribution in [0.4, 0.5) is 13.2 Å². The highest BCUT2D eigenvalue weighted by molar-refractivity contribution is 7.89.